The van der Waals surface area contributed by atoms with Gasteiger partial charge >= 0.3 is 0 Å². The second kappa shape index (κ2) is 7.84. The number of furan rings is 1. The number of hydrogen-bond donors (Lipinski definition) is 3. The predicted molar refractivity (Wildman–Crippen MR) is 104 cm³/mol. The molecule has 6 nitrogen and oxygen atoms in total. The third-order valence-electron chi connectivity index (χ3n) is 4.36. The van der Waals surface area contributed by atoms with E-state index in [9.17, 15) is 0 Å². The summed E-state index contributed by atoms with van der Waals surface area (Å²) in [4.78, 5) is 7.02. The van der Waals surface area contributed by atoms with E-state index in [1.807, 2.05) is 18.3 Å². The number of rotatable bonds is 5. The predicted octanol–water partition coefficient (Wildman–Crippen LogP) is 2.66. The number of thiocarbonyl (C=S) groups is 1. The Kier molecular flexibility index (Phi) is 5.55. The minimum Gasteiger partial charge on any atom is -0.460 e. The average molecular weight is 359 g/mol. The molecule has 0 bridgehead atoms. The van der Waals surface area contributed by atoms with Crippen LogP contribution in [0.3, 0.4) is 0 Å². The molecule has 1 saturated heterocycles. The highest BCUT2D eigenvalue weighted by Crippen LogP contribution is 2.27. The smallest absolute Gasteiger partial charge is 0.178 e. The molecule has 0 aliphatic carbocycles. The minimum atomic E-state index is 0.202. The van der Waals surface area contributed by atoms with Crippen molar-refractivity contribution in [2.45, 2.75) is 26.8 Å². The van der Waals surface area contributed by atoms with E-state index in [-0.39, 0.29) is 5.11 Å². The summed E-state index contributed by atoms with van der Waals surface area (Å²) in [5, 5.41) is 0.202. The van der Waals surface area contributed by atoms with Gasteiger partial charge in [-0.3, -0.25) is 5.43 Å². The zero-order valence-electron chi connectivity index (χ0n) is 14.7. The first-order chi connectivity index (χ1) is 12.0. The van der Waals surface area contributed by atoms with E-state index in [4.69, 9.17) is 22.4 Å². The lowest BCUT2D eigenvalue weighted by molar-refractivity contribution is 0.355. The number of anilines is 1. The van der Waals surface area contributed by atoms with Crippen LogP contribution in [-0.2, 0) is 6.54 Å². The van der Waals surface area contributed by atoms with E-state index in [1.54, 1.807) is 0 Å². The van der Waals surface area contributed by atoms with Gasteiger partial charge in [-0.2, -0.15) is 0 Å². The molecule has 0 saturated carbocycles. The summed E-state index contributed by atoms with van der Waals surface area (Å²) in [6.07, 6.45) is 3.17. The Labute approximate surface area is 153 Å². The van der Waals surface area contributed by atoms with Gasteiger partial charge in [0.1, 0.15) is 17.3 Å². The normalized spacial score (nSPS) is 20.5. The van der Waals surface area contributed by atoms with Crippen molar-refractivity contribution < 1.29 is 4.42 Å². The van der Waals surface area contributed by atoms with E-state index in [0.29, 0.717) is 18.4 Å². The Morgan fingerprint density at radius 3 is 2.68 bits per heavy atom. The third kappa shape index (κ3) is 4.70. The number of nitrogens with zero attached hydrogens (tertiary/aromatic N) is 2. The lowest BCUT2D eigenvalue weighted by Crippen LogP contribution is -2.40. The molecule has 2 aromatic heterocycles. The number of aromatic nitrogens is 1. The molecule has 2 atom stereocenters. The van der Waals surface area contributed by atoms with Crippen LogP contribution >= 0.6 is 12.2 Å². The third-order valence-corrected chi connectivity index (χ3v) is 4.46. The number of hydrogen-bond acceptors (Lipinski definition) is 5. The lowest BCUT2D eigenvalue weighted by atomic mass is 9.92. The van der Waals surface area contributed by atoms with Gasteiger partial charge in [-0.25, -0.2) is 10.4 Å². The van der Waals surface area contributed by atoms with Crippen LogP contribution in [0, 0.1) is 11.8 Å². The average Bonchev–Trinajstić information content (AvgIpc) is 3.03. The standard InChI is InChI=1S/C18H25N5OS/c1-12-7-13(2)11-23(10-12)17-6-3-14(8-20-17)16-5-4-15(24-16)9-21-22-18(19)25/h3-6,8,12-13,21H,7,9-11H2,1-2H3,(H3,19,22,25). The van der Waals surface area contributed by atoms with Crippen LogP contribution in [0.2, 0.25) is 0 Å². The Balaban J connectivity index is 1.64. The van der Waals surface area contributed by atoms with Gasteiger partial charge in [0.15, 0.2) is 5.11 Å². The minimum absolute atomic E-state index is 0.202. The van der Waals surface area contributed by atoms with Crippen LogP contribution in [0.15, 0.2) is 34.9 Å². The molecule has 0 radical (unpaired) electrons. The zero-order chi connectivity index (χ0) is 17.8. The van der Waals surface area contributed by atoms with Crippen LogP contribution in [0.4, 0.5) is 5.82 Å². The molecule has 3 rings (SSSR count). The van der Waals surface area contributed by atoms with E-state index < -0.39 is 0 Å². The van der Waals surface area contributed by atoms with Crippen molar-refractivity contribution in [3.63, 3.8) is 0 Å². The molecule has 4 N–H and O–H groups in total. The number of nitrogens with one attached hydrogen (secondary N) is 2. The summed E-state index contributed by atoms with van der Waals surface area (Å²) < 4.78 is 5.83. The maximum atomic E-state index is 5.83. The van der Waals surface area contributed by atoms with Gasteiger partial charge in [-0.1, -0.05) is 13.8 Å². The first-order valence-corrected chi connectivity index (χ1v) is 9.00. The fourth-order valence-electron chi connectivity index (χ4n) is 3.42. The number of nitrogens with two attached hydrogens (primary N) is 1. The van der Waals surface area contributed by atoms with Crippen molar-refractivity contribution in [1.29, 1.82) is 0 Å². The highest BCUT2D eigenvalue weighted by atomic mass is 32.1. The molecule has 3 heterocycles. The van der Waals surface area contributed by atoms with E-state index in [1.165, 1.54) is 6.42 Å². The topological polar surface area (TPSA) is 79.3 Å². The van der Waals surface area contributed by atoms with Crippen LogP contribution in [-0.4, -0.2) is 23.2 Å². The first-order valence-electron chi connectivity index (χ1n) is 8.59. The van der Waals surface area contributed by atoms with Crippen LogP contribution < -0.4 is 21.5 Å². The van der Waals surface area contributed by atoms with Crippen LogP contribution in [0.5, 0.6) is 0 Å². The maximum Gasteiger partial charge on any atom is 0.178 e. The molecule has 1 fully saturated rings. The maximum absolute atomic E-state index is 5.83. The monoisotopic (exact) mass is 359 g/mol. The number of pyridine rings is 1. The van der Waals surface area contributed by atoms with Gasteiger partial charge in [0.25, 0.3) is 0 Å². The summed E-state index contributed by atoms with van der Waals surface area (Å²) in [6, 6.07) is 8.01. The van der Waals surface area contributed by atoms with Crippen molar-refractivity contribution in [3.8, 4) is 11.3 Å². The van der Waals surface area contributed by atoms with E-state index >= 15 is 0 Å². The fourth-order valence-corrected chi connectivity index (χ4v) is 3.49. The molecule has 2 unspecified atom stereocenters. The molecule has 0 spiro atoms. The molecule has 1 aliphatic heterocycles. The second-order valence-electron chi connectivity index (χ2n) is 6.86. The first kappa shape index (κ1) is 17.7. The summed E-state index contributed by atoms with van der Waals surface area (Å²) in [5.74, 6) is 4.05. The molecule has 25 heavy (non-hydrogen) atoms. The van der Waals surface area contributed by atoms with E-state index in [2.05, 4.69) is 46.7 Å². The Hall–Kier alpha value is -2.12. The Bertz CT molecular complexity index is 705. The highest BCUT2D eigenvalue weighted by Gasteiger charge is 2.22. The molecule has 134 valence electrons. The number of hydrazine groups is 1. The van der Waals surface area contributed by atoms with Crippen LogP contribution in [0.1, 0.15) is 26.0 Å². The molecule has 7 heteroatoms. The second-order valence-corrected chi connectivity index (χ2v) is 7.30. The van der Waals surface area contributed by atoms with Crippen molar-refractivity contribution in [2.24, 2.45) is 17.6 Å². The van der Waals surface area contributed by atoms with Crippen LogP contribution in [0.25, 0.3) is 11.3 Å². The zero-order valence-corrected chi connectivity index (χ0v) is 15.5. The molecular formula is C18H25N5OS. The Morgan fingerprint density at radius 1 is 1.28 bits per heavy atom. The highest BCUT2D eigenvalue weighted by molar-refractivity contribution is 7.80. The quantitative estimate of drug-likeness (QED) is 0.559. The summed E-state index contributed by atoms with van der Waals surface area (Å²) in [6.45, 7) is 7.25. The van der Waals surface area contributed by atoms with Gasteiger partial charge in [0, 0.05) is 24.8 Å². The fraction of sp³-hybridized carbons (Fsp3) is 0.444. The SMILES string of the molecule is CC1CC(C)CN(c2ccc(-c3ccc(CNNC(N)=S)o3)cn2)C1. The molecule has 2 aromatic rings. The summed E-state index contributed by atoms with van der Waals surface area (Å²) >= 11 is 4.73. The molecule has 1 aliphatic rings. The van der Waals surface area contributed by atoms with Crippen molar-refractivity contribution in [1.82, 2.24) is 15.8 Å². The summed E-state index contributed by atoms with van der Waals surface area (Å²) in [5.41, 5.74) is 11.9. The summed E-state index contributed by atoms with van der Waals surface area (Å²) in [7, 11) is 0. The van der Waals surface area contributed by atoms with Gasteiger partial charge in [-0.05, 0) is 54.7 Å². The van der Waals surface area contributed by atoms with Gasteiger partial charge in [-0.15, -0.1) is 0 Å². The lowest BCUT2D eigenvalue weighted by Gasteiger charge is -2.35. The van der Waals surface area contributed by atoms with Gasteiger partial charge in [0.05, 0.1) is 6.54 Å². The molecule has 0 aromatic carbocycles. The molecule has 0 amide bonds. The molecular weight excluding hydrogens is 334 g/mol. The number of piperidine rings is 1. The Morgan fingerprint density at radius 2 is 2.04 bits per heavy atom. The largest absolute Gasteiger partial charge is 0.460 e. The van der Waals surface area contributed by atoms with Gasteiger partial charge < -0.3 is 15.1 Å². The van der Waals surface area contributed by atoms with Crippen molar-refractivity contribution in [2.75, 3.05) is 18.0 Å². The van der Waals surface area contributed by atoms with E-state index in [0.717, 1.165) is 36.0 Å². The van der Waals surface area contributed by atoms with Crippen molar-refractivity contribution >= 4 is 23.1 Å². The van der Waals surface area contributed by atoms with Gasteiger partial charge in [0.2, 0.25) is 0 Å². The van der Waals surface area contributed by atoms with Crippen molar-refractivity contribution in [3.05, 3.63) is 36.2 Å².